The van der Waals surface area contributed by atoms with Crippen molar-refractivity contribution in [3.05, 3.63) is 68.6 Å². The van der Waals surface area contributed by atoms with E-state index in [4.69, 9.17) is 0 Å². The molecule has 0 spiro atoms. The number of hydrogen-bond donors (Lipinski definition) is 1. The van der Waals surface area contributed by atoms with Crippen LogP contribution in [0.25, 0.3) is 0 Å². The molecule has 1 N–H and O–H groups in total. The highest BCUT2D eigenvalue weighted by Gasteiger charge is 2.19. The Morgan fingerprint density at radius 3 is 2.80 bits per heavy atom. The van der Waals surface area contributed by atoms with E-state index in [1.165, 1.54) is 29.2 Å². The van der Waals surface area contributed by atoms with Gasteiger partial charge in [0.2, 0.25) is 5.91 Å². The van der Waals surface area contributed by atoms with Gasteiger partial charge in [0, 0.05) is 34.9 Å². The lowest BCUT2D eigenvalue weighted by Gasteiger charge is -2.21. The highest BCUT2D eigenvalue weighted by Crippen LogP contribution is 2.22. The summed E-state index contributed by atoms with van der Waals surface area (Å²) in [7, 11) is 0. The van der Waals surface area contributed by atoms with Gasteiger partial charge in [0.05, 0.1) is 11.4 Å². The van der Waals surface area contributed by atoms with E-state index in [1.54, 1.807) is 30.3 Å². The van der Waals surface area contributed by atoms with Crippen molar-refractivity contribution in [3.8, 4) is 0 Å². The van der Waals surface area contributed by atoms with Crippen molar-refractivity contribution in [2.75, 3.05) is 6.54 Å². The first-order valence-corrected chi connectivity index (χ1v) is 9.19. The molecule has 0 radical (unpaired) electrons. The zero-order valence-electron chi connectivity index (χ0n) is 13.7. The quantitative estimate of drug-likeness (QED) is 0.679. The number of nitrogens with zero attached hydrogens (tertiary/aromatic N) is 1. The molecule has 0 saturated carbocycles. The molecule has 0 saturated heterocycles. The van der Waals surface area contributed by atoms with Crippen LogP contribution in [0.5, 0.6) is 0 Å². The fourth-order valence-corrected chi connectivity index (χ4v) is 3.52. The molecule has 0 aliphatic rings. The first-order chi connectivity index (χ1) is 11.9. The molecule has 0 aliphatic heterocycles. The molecular formula is C18H18BrFN2O2S. The van der Waals surface area contributed by atoms with Crippen LogP contribution in [0.3, 0.4) is 0 Å². The van der Waals surface area contributed by atoms with Crippen LogP contribution in [0.2, 0.25) is 0 Å². The van der Waals surface area contributed by atoms with Crippen molar-refractivity contribution in [2.24, 2.45) is 0 Å². The highest BCUT2D eigenvalue weighted by atomic mass is 79.9. The number of carbonyl (C=O) groups excluding carboxylic acids is 2. The van der Waals surface area contributed by atoms with Gasteiger partial charge in [-0.3, -0.25) is 9.59 Å². The molecule has 1 aromatic carbocycles. The van der Waals surface area contributed by atoms with Gasteiger partial charge in [-0.25, -0.2) is 4.39 Å². The monoisotopic (exact) mass is 424 g/mol. The van der Waals surface area contributed by atoms with Gasteiger partial charge in [-0.05, 0) is 30.3 Å². The minimum Gasteiger partial charge on any atom is -0.351 e. The molecule has 0 aliphatic carbocycles. The molecule has 1 heterocycles. The lowest BCUT2D eigenvalue weighted by molar-refractivity contribution is -0.119. The molecule has 2 amide bonds. The lowest BCUT2D eigenvalue weighted by atomic mass is 10.2. The van der Waals surface area contributed by atoms with Gasteiger partial charge in [0.15, 0.2) is 0 Å². The van der Waals surface area contributed by atoms with Gasteiger partial charge in [-0.15, -0.1) is 17.9 Å². The zero-order chi connectivity index (χ0) is 18.4. The van der Waals surface area contributed by atoms with Crippen molar-refractivity contribution >= 4 is 39.1 Å². The Labute approximate surface area is 158 Å². The molecule has 2 rings (SSSR count). The summed E-state index contributed by atoms with van der Waals surface area (Å²) in [6.45, 7) is 5.95. The van der Waals surface area contributed by atoms with Gasteiger partial charge in [-0.1, -0.05) is 22.0 Å². The van der Waals surface area contributed by atoms with E-state index in [1.807, 2.05) is 0 Å². The van der Waals surface area contributed by atoms with Gasteiger partial charge >= 0.3 is 0 Å². The molecule has 0 unspecified atom stereocenters. The molecule has 1 aromatic heterocycles. The van der Waals surface area contributed by atoms with E-state index < -0.39 is 0 Å². The number of carbonyl (C=O) groups is 2. The van der Waals surface area contributed by atoms with Crippen molar-refractivity contribution in [3.63, 3.8) is 0 Å². The van der Waals surface area contributed by atoms with E-state index in [0.717, 1.165) is 9.35 Å². The van der Waals surface area contributed by atoms with Gasteiger partial charge in [0.1, 0.15) is 5.82 Å². The number of rotatable bonds is 7. The third-order valence-corrected chi connectivity index (χ3v) is 4.96. The second-order valence-electron chi connectivity index (χ2n) is 5.39. The van der Waals surface area contributed by atoms with E-state index in [0.29, 0.717) is 23.5 Å². The van der Waals surface area contributed by atoms with Gasteiger partial charge in [0.25, 0.3) is 5.91 Å². The molecule has 2 aromatic rings. The Morgan fingerprint density at radius 1 is 1.36 bits per heavy atom. The Bertz CT molecular complexity index is 791. The highest BCUT2D eigenvalue weighted by molar-refractivity contribution is 9.10. The summed E-state index contributed by atoms with van der Waals surface area (Å²) in [6.07, 6.45) is 1.61. The first kappa shape index (κ1) is 19.3. The van der Waals surface area contributed by atoms with Crippen molar-refractivity contribution in [1.82, 2.24) is 10.2 Å². The van der Waals surface area contributed by atoms with E-state index in [-0.39, 0.29) is 24.2 Å². The first-order valence-electron chi connectivity index (χ1n) is 7.58. The number of thiophene rings is 1. The summed E-state index contributed by atoms with van der Waals surface area (Å²) >= 11 is 4.63. The molecule has 25 heavy (non-hydrogen) atoms. The minimum absolute atomic E-state index is 0.125. The van der Waals surface area contributed by atoms with Crippen LogP contribution in [-0.2, 0) is 17.9 Å². The van der Waals surface area contributed by atoms with E-state index in [9.17, 15) is 14.0 Å². The van der Waals surface area contributed by atoms with Crippen molar-refractivity contribution in [2.45, 2.75) is 20.0 Å². The zero-order valence-corrected chi connectivity index (χ0v) is 16.1. The van der Waals surface area contributed by atoms with E-state index >= 15 is 0 Å². The molecule has 0 bridgehead atoms. The summed E-state index contributed by atoms with van der Waals surface area (Å²) in [5, 5.41) is 2.70. The maximum atomic E-state index is 14.0. The summed E-state index contributed by atoms with van der Waals surface area (Å²) in [5.74, 6) is -0.680. The third kappa shape index (κ3) is 5.51. The number of halogens is 2. The third-order valence-electron chi connectivity index (χ3n) is 3.39. The Hall–Kier alpha value is -1.99. The van der Waals surface area contributed by atoms with Crippen molar-refractivity contribution in [1.29, 1.82) is 0 Å². The van der Waals surface area contributed by atoms with Crippen LogP contribution in [0, 0.1) is 5.82 Å². The normalized spacial score (nSPS) is 10.4. The SMILES string of the molecule is C=CCN(Cc1cc(Br)ccc1F)C(=O)c1ccc(CNC(C)=O)s1. The topological polar surface area (TPSA) is 49.4 Å². The second-order valence-corrected chi connectivity index (χ2v) is 7.47. The summed E-state index contributed by atoms with van der Waals surface area (Å²) in [6, 6.07) is 8.17. The van der Waals surface area contributed by atoms with Crippen LogP contribution >= 0.6 is 27.3 Å². The van der Waals surface area contributed by atoms with Crippen LogP contribution < -0.4 is 5.32 Å². The molecule has 4 nitrogen and oxygen atoms in total. The fraction of sp³-hybridized carbons (Fsp3) is 0.222. The summed E-state index contributed by atoms with van der Waals surface area (Å²) in [5.41, 5.74) is 0.430. The Morgan fingerprint density at radius 2 is 2.12 bits per heavy atom. The number of hydrogen-bond acceptors (Lipinski definition) is 3. The predicted molar refractivity (Wildman–Crippen MR) is 101 cm³/mol. The fourth-order valence-electron chi connectivity index (χ4n) is 2.20. The maximum absolute atomic E-state index is 14.0. The second kappa shape index (κ2) is 8.92. The Balaban J connectivity index is 2.16. The molecule has 0 fully saturated rings. The predicted octanol–water partition coefficient (Wildman–Crippen LogP) is 4.11. The average molecular weight is 425 g/mol. The smallest absolute Gasteiger partial charge is 0.264 e. The number of amides is 2. The standard InChI is InChI=1S/C18H18BrFN2O2S/c1-3-8-22(11-13-9-14(19)4-6-16(13)20)18(24)17-7-5-15(25-17)10-21-12(2)23/h3-7,9H,1,8,10-11H2,2H3,(H,21,23). The van der Waals surface area contributed by atoms with Crippen molar-refractivity contribution < 1.29 is 14.0 Å². The number of benzene rings is 1. The summed E-state index contributed by atoms with van der Waals surface area (Å²) in [4.78, 5) is 26.7. The van der Waals surface area contributed by atoms with Gasteiger partial charge in [-0.2, -0.15) is 0 Å². The van der Waals surface area contributed by atoms with Gasteiger partial charge < -0.3 is 10.2 Å². The Kier molecular flexibility index (Phi) is 6.90. The molecule has 0 atom stereocenters. The molecule has 132 valence electrons. The van der Waals surface area contributed by atoms with Crippen LogP contribution in [0.15, 0.2) is 47.5 Å². The molecular weight excluding hydrogens is 407 g/mol. The van der Waals surface area contributed by atoms with Crippen LogP contribution in [-0.4, -0.2) is 23.3 Å². The van der Waals surface area contributed by atoms with Crippen LogP contribution in [0.4, 0.5) is 4.39 Å². The van der Waals surface area contributed by atoms with Crippen LogP contribution in [0.1, 0.15) is 27.0 Å². The number of nitrogens with one attached hydrogen (secondary N) is 1. The maximum Gasteiger partial charge on any atom is 0.264 e. The lowest BCUT2D eigenvalue weighted by Crippen LogP contribution is -2.30. The summed E-state index contributed by atoms with van der Waals surface area (Å²) < 4.78 is 14.7. The van der Waals surface area contributed by atoms with E-state index in [2.05, 4.69) is 27.8 Å². The minimum atomic E-state index is -0.359. The largest absolute Gasteiger partial charge is 0.351 e. The average Bonchev–Trinajstić information content (AvgIpc) is 3.04. The molecule has 7 heteroatoms.